The maximum Gasteiger partial charge on any atom is 0.257 e. The molecule has 0 saturated heterocycles. The van der Waals surface area contributed by atoms with E-state index < -0.39 is 21.7 Å². The molecule has 10 heteroatoms. The summed E-state index contributed by atoms with van der Waals surface area (Å²) in [4.78, 5) is 16.8. The zero-order valence-electron chi connectivity index (χ0n) is 15.8. The summed E-state index contributed by atoms with van der Waals surface area (Å²) in [6.45, 7) is 0. The number of hydrogen-bond donors (Lipinski definition) is 1. The van der Waals surface area contributed by atoms with Crippen LogP contribution in [0.3, 0.4) is 0 Å². The number of nitrogens with zero attached hydrogens (tertiary/aromatic N) is 2. The first kappa shape index (κ1) is 20.9. The minimum atomic E-state index is -3.65. The topological polar surface area (TPSA) is 88.6 Å². The summed E-state index contributed by atoms with van der Waals surface area (Å²) in [7, 11) is 0.565. The molecule has 2 aromatic carbocycles. The monoisotopic (exact) mass is 435 g/mol. The van der Waals surface area contributed by atoms with Gasteiger partial charge in [0.2, 0.25) is 10.0 Å². The number of amides is 1. The molecule has 0 saturated carbocycles. The van der Waals surface area contributed by atoms with E-state index in [1.807, 2.05) is 0 Å². The van der Waals surface area contributed by atoms with Crippen LogP contribution in [0.4, 0.5) is 9.52 Å². The van der Waals surface area contributed by atoms with E-state index in [4.69, 9.17) is 4.74 Å². The largest absolute Gasteiger partial charge is 0.494 e. The van der Waals surface area contributed by atoms with Crippen molar-refractivity contribution >= 4 is 32.4 Å². The fourth-order valence-corrected chi connectivity index (χ4v) is 4.13. The Bertz CT molecular complexity index is 1160. The molecular formula is C19H18FN3O4S2. The van der Waals surface area contributed by atoms with Crippen LogP contribution >= 0.6 is 11.3 Å². The van der Waals surface area contributed by atoms with Gasteiger partial charge in [-0.25, -0.2) is 22.1 Å². The number of aromatic nitrogens is 1. The molecule has 0 fully saturated rings. The average Bonchev–Trinajstić information content (AvgIpc) is 3.16. The van der Waals surface area contributed by atoms with Gasteiger partial charge in [0.15, 0.2) is 16.7 Å². The van der Waals surface area contributed by atoms with E-state index in [1.54, 1.807) is 11.4 Å². The van der Waals surface area contributed by atoms with Gasteiger partial charge >= 0.3 is 0 Å². The molecule has 0 bridgehead atoms. The Morgan fingerprint density at radius 3 is 2.62 bits per heavy atom. The van der Waals surface area contributed by atoms with Gasteiger partial charge in [-0.1, -0.05) is 6.07 Å². The van der Waals surface area contributed by atoms with Gasteiger partial charge in [-0.3, -0.25) is 10.1 Å². The average molecular weight is 436 g/mol. The highest BCUT2D eigenvalue weighted by Gasteiger charge is 2.19. The number of sulfonamides is 1. The molecule has 1 N–H and O–H groups in total. The molecule has 0 radical (unpaired) electrons. The van der Waals surface area contributed by atoms with E-state index in [9.17, 15) is 17.6 Å². The Balaban J connectivity index is 1.80. The van der Waals surface area contributed by atoms with Crippen LogP contribution in [0.5, 0.6) is 5.75 Å². The zero-order valence-corrected chi connectivity index (χ0v) is 17.5. The second-order valence-electron chi connectivity index (χ2n) is 6.16. The highest BCUT2D eigenvalue weighted by molar-refractivity contribution is 7.89. The molecule has 0 aliphatic carbocycles. The first-order valence-electron chi connectivity index (χ1n) is 8.36. The van der Waals surface area contributed by atoms with Crippen molar-refractivity contribution in [1.29, 1.82) is 0 Å². The summed E-state index contributed by atoms with van der Waals surface area (Å²) < 4.78 is 44.3. The SMILES string of the molecule is COc1ccc(-c2csc(NC(=O)c3cccc(S(=O)(=O)N(C)C)c3)n2)cc1F. The summed E-state index contributed by atoms with van der Waals surface area (Å²) in [5, 5.41) is 4.63. The third kappa shape index (κ3) is 4.44. The Kier molecular flexibility index (Phi) is 5.96. The van der Waals surface area contributed by atoms with E-state index >= 15 is 0 Å². The lowest BCUT2D eigenvalue weighted by Crippen LogP contribution is -2.22. The van der Waals surface area contributed by atoms with Crippen molar-refractivity contribution in [2.45, 2.75) is 4.90 Å². The van der Waals surface area contributed by atoms with Crippen LogP contribution in [0, 0.1) is 5.82 Å². The summed E-state index contributed by atoms with van der Waals surface area (Å²) in [6, 6.07) is 10.2. The van der Waals surface area contributed by atoms with Gasteiger partial charge in [0.25, 0.3) is 5.91 Å². The molecule has 7 nitrogen and oxygen atoms in total. The first-order valence-corrected chi connectivity index (χ1v) is 10.7. The van der Waals surface area contributed by atoms with Crippen LogP contribution in [-0.2, 0) is 10.0 Å². The smallest absolute Gasteiger partial charge is 0.257 e. The van der Waals surface area contributed by atoms with E-state index in [-0.39, 0.29) is 16.2 Å². The van der Waals surface area contributed by atoms with Gasteiger partial charge in [-0.2, -0.15) is 0 Å². The van der Waals surface area contributed by atoms with Gasteiger partial charge < -0.3 is 4.74 Å². The lowest BCUT2D eigenvalue weighted by molar-refractivity contribution is 0.102. The molecule has 0 atom stereocenters. The summed E-state index contributed by atoms with van der Waals surface area (Å²) in [5.74, 6) is -0.879. The minimum Gasteiger partial charge on any atom is -0.494 e. The Morgan fingerprint density at radius 2 is 1.97 bits per heavy atom. The maximum absolute atomic E-state index is 13.9. The van der Waals surface area contributed by atoms with Crippen LogP contribution in [0.15, 0.2) is 52.7 Å². The lowest BCUT2D eigenvalue weighted by atomic mass is 10.1. The van der Waals surface area contributed by atoms with Crippen molar-refractivity contribution in [2.24, 2.45) is 0 Å². The van der Waals surface area contributed by atoms with Gasteiger partial charge in [0.05, 0.1) is 17.7 Å². The second kappa shape index (κ2) is 8.27. The Labute approximate surface area is 171 Å². The zero-order chi connectivity index (χ0) is 21.2. The molecule has 3 rings (SSSR count). The summed E-state index contributed by atoms with van der Waals surface area (Å²) >= 11 is 1.17. The van der Waals surface area contributed by atoms with Crippen molar-refractivity contribution in [2.75, 3.05) is 26.5 Å². The third-order valence-electron chi connectivity index (χ3n) is 4.05. The molecule has 1 heterocycles. The molecule has 0 aliphatic rings. The molecule has 0 spiro atoms. The first-order chi connectivity index (χ1) is 13.7. The second-order valence-corrected chi connectivity index (χ2v) is 9.17. The normalized spacial score (nSPS) is 11.5. The van der Waals surface area contributed by atoms with Crippen LogP contribution in [-0.4, -0.2) is 44.8 Å². The number of ether oxygens (including phenoxy) is 1. The van der Waals surface area contributed by atoms with E-state index in [2.05, 4.69) is 10.3 Å². The van der Waals surface area contributed by atoms with Crippen molar-refractivity contribution in [1.82, 2.24) is 9.29 Å². The number of carbonyl (C=O) groups excluding carboxylic acids is 1. The number of nitrogens with one attached hydrogen (secondary N) is 1. The van der Waals surface area contributed by atoms with Gasteiger partial charge in [0.1, 0.15) is 0 Å². The third-order valence-corrected chi connectivity index (χ3v) is 6.62. The number of rotatable bonds is 6. The van der Waals surface area contributed by atoms with Crippen molar-refractivity contribution in [3.63, 3.8) is 0 Å². The molecule has 152 valence electrons. The fourth-order valence-electron chi connectivity index (χ4n) is 2.47. The van der Waals surface area contributed by atoms with Crippen LogP contribution in [0.25, 0.3) is 11.3 Å². The predicted octanol–water partition coefficient (Wildman–Crippen LogP) is 3.46. The fraction of sp³-hybridized carbons (Fsp3) is 0.158. The van der Waals surface area contributed by atoms with Crippen molar-refractivity contribution in [3.8, 4) is 17.0 Å². The number of hydrogen-bond acceptors (Lipinski definition) is 6. The summed E-state index contributed by atoms with van der Waals surface area (Å²) in [5.41, 5.74) is 1.22. The number of carbonyl (C=O) groups is 1. The van der Waals surface area contributed by atoms with E-state index in [0.29, 0.717) is 16.4 Å². The molecule has 1 aromatic heterocycles. The van der Waals surface area contributed by atoms with Crippen molar-refractivity contribution in [3.05, 3.63) is 59.2 Å². The molecule has 29 heavy (non-hydrogen) atoms. The van der Waals surface area contributed by atoms with Gasteiger partial charge in [-0.05, 0) is 36.4 Å². The molecular weight excluding hydrogens is 417 g/mol. The number of methoxy groups -OCH3 is 1. The highest BCUT2D eigenvalue weighted by Crippen LogP contribution is 2.28. The van der Waals surface area contributed by atoms with E-state index in [1.165, 1.54) is 68.9 Å². The molecule has 0 unspecified atom stereocenters. The molecule has 3 aromatic rings. The predicted molar refractivity (Wildman–Crippen MR) is 109 cm³/mol. The Morgan fingerprint density at radius 1 is 1.21 bits per heavy atom. The van der Waals surface area contributed by atoms with Crippen LogP contribution in [0.1, 0.15) is 10.4 Å². The van der Waals surface area contributed by atoms with Gasteiger partial charge in [-0.15, -0.1) is 11.3 Å². The maximum atomic E-state index is 13.9. The quantitative estimate of drug-likeness (QED) is 0.641. The highest BCUT2D eigenvalue weighted by atomic mass is 32.2. The van der Waals surface area contributed by atoms with Crippen LogP contribution < -0.4 is 10.1 Å². The number of anilines is 1. The van der Waals surface area contributed by atoms with Crippen molar-refractivity contribution < 1.29 is 22.3 Å². The summed E-state index contributed by atoms with van der Waals surface area (Å²) in [6.07, 6.45) is 0. The minimum absolute atomic E-state index is 0.0173. The van der Waals surface area contributed by atoms with Crippen LogP contribution in [0.2, 0.25) is 0 Å². The molecule has 1 amide bonds. The van der Waals surface area contributed by atoms with Gasteiger partial charge in [0, 0.05) is 30.6 Å². The Hall–Kier alpha value is -2.82. The standard InChI is InChI=1S/C19H18FN3O4S2/c1-23(2)29(25,26)14-6-4-5-13(9-14)18(24)22-19-21-16(11-28-19)12-7-8-17(27-3)15(20)10-12/h4-11H,1-3H3,(H,21,22,24). The number of benzene rings is 2. The molecule has 0 aliphatic heterocycles. The number of thiazole rings is 1. The lowest BCUT2D eigenvalue weighted by Gasteiger charge is -2.12. The number of halogens is 1. The van der Waals surface area contributed by atoms with E-state index in [0.717, 1.165) is 4.31 Å².